The summed E-state index contributed by atoms with van der Waals surface area (Å²) in [6, 6.07) is 3.94. The number of amides is 1. The normalized spacial score (nSPS) is 13.1. The highest BCUT2D eigenvalue weighted by atomic mass is 35.5. The van der Waals surface area contributed by atoms with Gasteiger partial charge in [-0.25, -0.2) is 13.6 Å². The van der Waals surface area contributed by atoms with Gasteiger partial charge in [-0.3, -0.25) is 4.79 Å². The maximum atomic E-state index is 11.7. The molecule has 1 unspecified atom stereocenters. The zero-order chi connectivity index (χ0) is 14.6. The molecule has 0 aliphatic rings. The highest BCUT2D eigenvalue weighted by Crippen LogP contribution is 2.25. The number of nitrogens with one attached hydrogen (secondary N) is 1. The smallest absolute Gasteiger partial charge is 0.238 e. The van der Waals surface area contributed by atoms with Crippen LogP contribution in [0.4, 0.5) is 5.69 Å². The van der Waals surface area contributed by atoms with E-state index in [1.807, 2.05) is 13.8 Å². The highest BCUT2D eigenvalue weighted by Gasteiger charge is 2.13. The molecular weight excluding hydrogens is 288 g/mol. The summed E-state index contributed by atoms with van der Waals surface area (Å²) in [6.07, 6.45) is 1.24. The van der Waals surface area contributed by atoms with Crippen molar-refractivity contribution in [3.8, 4) is 0 Å². The molecule has 0 saturated heterocycles. The zero-order valence-corrected chi connectivity index (χ0v) is 12.4. The number of halogens is 1. The molecule has 1 amide bonds. The number of benzene rings is 1. The van der Waals surface area contributed by atoms with E-state index >= 15 is 0 Å². The molecule has 1 atom stereocenters. The van der Waals surface area contributed by atoms with Crippen LogP contribution in [-0.4, -0.2) is 14.3 Å². The lowest BCUT2D eigenvalue weighted by Gasteiger charge is -2.11. The van der Waals surface area contributed by atoms with Crippen molar-refractivity contribution in [1.29, 1.82) is 0 Å². The van der Waals surface area contributed by atoms with Crippen molar-refractivity contribution in [2.45, 2.75) is 31.6 Å². The molecule has 0 aliphatic heterocycles. The van der Waals surface area contributed by atoms with E-state index < -0.39 is 10.0 Å². The Hall–Kier alpha value is -1.11. The van der Waals surface area contributed by atoms with Crippen LogP contribution in [0.5, 0.6) is 0 Å². The summed E-state index contributed by atoms with van der Waals surface area (Å²) >= 11 is 5.91. The van der Waals surface area contributed by atoms with Crippen LogP contribution in [0.2, 0.25) is 5.02 Å². The average molecular weight is 305 g/mol. The Morgan fingerprint density at radius 1 is 1.47 bits per heavy atom. The van der Waals surface area contributed by atoms with Gasteiger partial charge in [-0.15, -0.1) is 0 Å². The summed E-state index contributed by atoms with van der Waals surface area (Å²) in [5.41, 5.74) is 0.251. The van der Waals surface area contributed by atoms with Crippen LogP contribution >= 0.6 is 11.6 Å². The Morgan fingerprint density at radius 2 is 2.11 bits per heavy atom. The summed E-state index contributed by atoms with van der Waals surface area (Å²) in [7, 11) is -3.82. The minimum Gasteiger partial charge on any atom is -0.325 e. The molecule has 19 heavy (non-hydrogen) atoms. The van der Waals surface area contributed by atoms with E-state index in [-0.39, 0.29) is 27.4 Å². The molecule has 0 radical (unpaired) electrons. The van der Waals surface area contributed by atoms with Gasteiger partial charge in [-0.1, -0.05) is 31.9 Å². The van der Waals surface area contributed by atoms with Crippen molar-refractivity contribution >= 4 is 33.2 Å². The first-order chi connectivity index (χ1) is 8.74. The number of anilines is 1. The highest BCUT2D eigenvalue weighted by molar-refractivity contribution is 7.89. The van der Waals surface area contributed by atoms with Crippen molar-refractivity contribution in [3.05, 3.63) is 23.2 Å². The molecule has 5 nitrogen and oxygen atoms in total. The van der Waals surface area contributed by atoms with Crippen molar-refractivity contribution in [3.63, 3.8) is 0 Å². The van der Waals surface area contributed by atoms with Crippen molar-refractivity contribution in [2.75, 3.05) is 5.32 Å². The van der Waals surface area contributed by atoms with Gasteiger partial charge in [0.25, 0.3) is 0 Å². The van der Waals surface area contributed by atoms with E-state index in [1.165, 1.54) is 18.2 Å². The Balaban J connectivity index is 2.92. The summed E-state index contributed by atoms with van der Waals surface area (Å²) in [5.74, 6) is 0.0445. The summed E-state index contributed by atoms with van der Waals surface area (Å²) in [5, 5.41) is 7.89. The van der Waals surface area contributed by atoms with E-state index in [1.54, 1.807) is 0 Å². The van der Waals surface area contributed by atoms with Crippen LogP contribution in [-0.2, 0) is 14.8 Å². The van der Waals surface area contributed by atoms with E-state index in [0.29, 0.717) is 6.42 Å². The first-order valence-corrected chi connectivity index (χ1v) is 7.78. The largest absolute Gasteiger partial charge is 0.325 e. The number of primary sulfonamides is 1. The van der Waals surface area contributed by atoms with E-state index in [2.05, 4.69) is 5.32 Å². The predicted octanol–water partition coefficient (Wildman–Crippen LogP) is 2.36. The van der Waals surface area contributed by atoms with Crippen LogP contribution in [0, 0.1) is 5.92 Å². The third kappa shape index (κ3) is 4.81. The number of hydrogen-bond acceptors (Lipinski definition) is 3. The molecule has 0 fully saturated rings. The Morgan fingerprint density at radius 3 is 2.63 bits per heavy atom. The molecule has 0 heterocycles. The second-order valence-electron chi connectivity index (χ2n) is 4.45. The minimum absolute atomic E-state index is 0.0873. The fraction of sp³-hybridized carbons (Fsp3) is 0.417. The Labute approximate surface area is 118 Å². The lowest BCUT2D eigenvalue weighted by molar-refractivity contribution is -0.117. The van der Waals surface area contributed by atoms with E-state index in [0.717, 1.165) is 6.42 Å². The fourth-order valence-corrected chi connectivity index (χ4v) is 2.14. The molecule has 0 saturated carbocycles. The molecule has 106 valence electrons. The molecule has 7 heteroatoms. The van der Waals surface area contributed by atoms with Gasteiger partial charge in [0.15, 0.2) is 0 Å². The molecule has 1 rings (SSSR count). The van der Waals surface area contributed by atoms with Gasteiger partial charge in [0.1, 0.15) is 0 Å². The fourth-order valence-electron chi connectivity index (χ4n) is 1.44. The molecule has 0 spiro atoms. The van der Waals surface area contributed by atoms with Crippen molar-refractivity contribution < 1.29 is 13.2 Å². The Kier molecular flexibility index (Phi) is 5.34. The predicted molar refractivity (Wildman–Crippen MR) is 75.5 cm³/mol. The second kappa shape index (κ2) is 6.36. The average Bonchev–Trinajstić information content (AvgIpc) is 2.30. The number of carbonyl (C=O) groups is 1. The lowest BCUT2D eigenvalue weighted by Crippen LogP contribution is -2.16. The number of rotatable bonds is 5. The van der Waals surface area contributed by atoms with Crippen molar-refractivity contribution in [2.24, 2.45) is 11.1 Å². The van der Waals surface area contributed by atoms with Gasteiger partial charge in [-0.2, -0.15) is 0 Å². The molecule has 3 N–H and O–H groups in total. The van der Waals surface area contributed by atoms with Crippen LogP contribution in [0.1, 0.15) is 26.7 Å². The van der Waals surface area contributed by atoms with Gasteiger partial charge in [0, 0.05) is 6.42 Å². The first kappa shape index (κ1) is 15.9. The third-order valence-corrected chi connectivity index (χ3v) is 4.01. The quantitative estimate of drug-likeness (QED) is 0.875. The summed E-state index contributed by atoms with van der Waals surface area (Å²) in [6.45, 7) is 3.95. The number of nitrogens with two attached hydrogens (primary N) is 1. The lowest BCUT2D eigenvalue weighted by atomic mass is 10.1. The van der Waals surface area contributed by atoms with Gasteiger partial charge in [-0.05, 0) is 24.1 Å². The molecule has 0 aliphatic carbocycles. The number of hydrogen-bond donors (Lipinski definition) is 2. The molecule has 1 aromatic rings. The van der Waals surface area contributed by atoms with Gasteiger partial charge in [0.05, 0.1) is 15.6 Å². The van der Waals surface area contributed by atoms with Crippen LogP contribution in [0.25, 0.3) is 0 Å². The molecular formula is C12H17ClN2O3S. The minimum atomic E-state index is -3.82. The molecule has 0 bridgehead atoms. The van der Waals surface area contributed by atoms with Gasteiger partial charge >= 0.3 is 0 Å². The number of carbonyl (C=O) groups excluding carboxylic acids is 1. The summed E-state index contributed by atoms with van der Waals surface area (Å²) < 4.78 is 22.5. The van der Waals surface area contributed by atoms with Crippen LogP contribution < -0.4 is 10.5 Å². The topological polar surface area (TPSA) is 89.3 Å². The Bertz CT molecular complexity index is 572. The molecule has 1 aromatic carbocycles. The monoisotopic (exact) mass is 304 g/mol. The SMILES string of the molecule is CCC(C)CC(=O)Nc1cc(S(N)(=O)=O)ccc1Cl. The van der Waals surface area contributed by atoms with Crippen molar-refractivity contribution in [1.82, 2.24) is 0 Å². The van der Waals surface area contributed by atoms with Gasteiger partial charge < -0.3 is 5.32 Å². The maximum Gasteiger partial charge on any atom is 0.238 e. The third-order valence-electron chi connectivity index (χ3n) is 2.77. The first-order valence-electron chi connectivity index (χ1n) is 5.86. The summed E-state index contributed by atoms with van der Waals surface area (Å²) in [4.78, 5) is 11.7. The molecule has 0 aromatic heterocycles. The van der Waals surface area contributed by atoms with E-state index in [9.17, 15) is 13.2 Å². The maximum absolute atomic E-state index is 11.7. The van der Waals surface area contributed by atoms with Crippen LogP contribution in [0.15, 0.2) is 23.1 Å². The van der Waals surface area contributed by atoms with Crippen LogP contribution in [0.3, 0.4) is 0 Å². The number of sulfonamides is 1. The van der Waals surface area contributed by atoms with E-state index in [4.69, 9.17) is 16.7 Å². The standard InChI is InChI=1S/C12H17ClN2O3S/c1-3-8(2)6-12(16)15-11-7-9(19(14,17)18)4-5-10(11)13/h4-5,7-8H,3,6H2,1-2H3,(H,15,16)(H2,14,17,18). The second-order valence-corrected chi connectivity index (χ2v) is 6.42. The zero-order valence-electron chi connectivity index (χ0n) is 10.8. The van der Waals surface area contributed by atoms with Gasteiger partial charge in [0.2, 0.25) is 15.9 Å².